The number of carbonyl (C=O) groups excluding carboxylic acids is 2. The second kappa shape index (κ2) is 9.15. The van der Waals surface area contributed by atoms with Crippen LogP contribution >= 0.6 is 0 Å². The van der Waals surface area contributed by atoms with E-state index in [1.165, 1.54) is 41.5 Å². The van der Waals surface area contributed by atoms with Gasteiger partial charge in [-0.15, -0.1) is 0 Å². The molecule has 0 fully saturated rings. The molecule has 1 rings (SSSR count). The molecule has 6 nitrogen and oxygen atoms in total. The molecule has 31 heavy (non-hydrogen) atoms. The fraction of sp³-hybridized carbons (Fsp3) is 0.524. The van der Waals surface area contributed by atoms with Gasteiger partial charge in [0.1, 0.15) is 28.3 Å². The molecular formula is C21H27F4NO5. The van der Waals surface area contributed by atoms with E-state index in [1.54, 1.807) is 6.92 Å². The molecule has 0 aliphatic rings. The van der Waals surface area contributed by atoms with Gasteiger partial charge in [0, 0.05) is 0 Å². The molecule has 0 atom stereocenters. The summed E-state index contributed by atoms with van der Waals surface area (Å²) in [5.74, 6) is -2.08. The van der Waals surface area contributed by atoms with Crippen LogP contribution in [0, 0.1) is 5.82 Å². The van der Waals surface area contributed by atoms with Crippen LogP contribution in [-0.2, 0) is 20.4 Å². The molecule has 1 aromatic carbocycles. The number of halogens is 4. The van der Waals surface area contributed by atoms with Gasteiger partial charge in [-0.05, 0) is 60.6 Å². The molecular weight excluding hydrogens is 422 g/mol. The highest BCUT2D eigenvalue weighted by atomic mass is 19.4. The van der Waals surface area contributed by atoms with Crippen molar-refractivity contribution < 1.29 is 41.4 Å². The van der Waals surface area contributed by atoms with E-state index in [2.05, 4.69) is 6.58 Å². The summed E-state index contributed by atoms with van der Waals surface area (Å²) in [5.41, 5.74) is -5.81. The maximum Gasteiger partial charge on any atom is 0.424 e. The van der Waals surface area contributed by atoms with Crippen molar-refractivity contribution in [2.45, 2.75) is 65.8 Å². The first-order valence-electron chi connectivity index (χ1n) is 9.37. The van der Waals surface area contributed by atoms with Crippen LogP contribution in [0.15, 0.2) is 18.7 Å². The number of nitrogens with zero attached hydrogens (tertiary/aromatic N) is 1. The fourth-order valence-electron chi connectivity index (χ4n) is 2.38. The molecule has 0 unspecified atom stereocenters. The van der Waals surface area contributed by atoms with Gasteiger partial charge in [-0.1, -0.05) is 6.58 Å². The van der Waals surface area contributed by atoms with E-state index in [-0.39, 0.29) is 17.3 Å². The summed E-state index contributed by atoms with van der Waals surface area (Å²) < 4.78 is 71.7. The molecule has 0 aliphatic carbocycles. The Morgan fingerprint density at radius 2 is 1.42 bits per heavy atom. The summed E-state index contributed by atoms with van der Waals surface area (Å²) in [6, 6.07) is 1.69. The lowest BCUT2D eigenvalue weighted by Gasteiger charge is -2.30. The lowest BCUT2D eigenvalue weighted by Crippen LogP contribution is -2.44. The summed E-state index contributed by atoms with van der Waals surface area (Å²) >= 11 is 0. The van der Waals surface area contributed by atoms with Crippen molar-refractivity contribution in [1.82, 2.24) is 0 Å². The first-order chi connectivity index (χ1) is 13.9. The smallest absolute Gasteiger partial charge is 0.424 e. The zero-order chi connectivity index (χ0) is 24.4. The standard InChI is InChI=1S/C21H27F4NO5/c1-9-29-12(2)13-10-11-14(15(16(13)22)21(23,24)25)26(17(27)30-19(3,4)5)18(28)31-20(6,7)8/h10-11H,2,9H2,1,3-8H3. The van der Waals surface area contributed by atoms with Gasteiger partial charge in [-0.25, -0.2) is 14.0 Å². The number of hydrogen-bond donors (Lipinski definition) is 0. The molecule has 0 spiro atoms. The Morgan fingerprint density at radius 1 is 0.968 bits per heavy atom. The SMILES string of the molecule is C=C(OCC)c1ccc(N(C(=O)OC(C)(C)C)C(=O)OC(C)(C)C)c(C(F)(F)F)c1F. The average molecular weight is 449 g/mol. The minimum Gasteiger partial charge on any atom is -0.494 e. The quantitative estimate of drug-likeness (QED) is 0.386. The van der Waals surface area contributed by atoms with Crippen LogP contribution in [0.25, 0.3) is 5.76 Å². The largest absolute Gasteiger partial charge is 0.494 e. The zero-order valence-corrected chi connectivity index (χ0v) is 18.6. The summed E-state index contributed by atoms with van der Waals surface area (Å²) in [4.78, 5) is 25.4. The molecule has 0 bridgehead atoms. The fourth-order valence-corrected chi connectivity index (χ4v) is 2.38. The van der Waals surface area contributed by atoms with Gasteiger partial charge in [0.05, 0.1) is 17.9 Å². The lowest BCUT2D eigenvalue weighted by atomic mass is 10.0. The molecule has 0 heterocycles. The van der Waals surface area contributed by atoms with Gasteiger partial charge in [0.15, 0.2) is 0 Å². The number of imide groups is 1. The van der Waals surface area contributed by atoms with E-state index >= 15 is 0 Å². The maximum atomic E-state index is 15.0. The van der Waals surface area contributed by atoms with Crippen molar-refractivity contribution in [3.05, 3.63) is 35.7 Å². The van der Waals surface area contributed by atoms with Gasteiger partial charge < -0.3 is 14.2 Å². The molecule has 0 N–H and O–H groups in total. The predicted octanol–water partition coefficient (Wildman–Crippen LogP) is 6.53. The summed E-state index contributed by atoms with van der Waals surface area (Å²) in [7, 11) is 0. The van der Waals surface area contributed by atoms with E-state index in [9.17, 15) is 27.2 Å². The number of ether oxygens (including phenoxy) is 3. The number of anilines is 1. The number of hydrogen-bond acceptors (Lipinski definition) is 5. The van der Waals surface area contributed by atoms with Crippen molar-refractivity contribution in [1.29, 1.82) is 0 Å². The van der Waals surface area contributed by atoms with Crippen molar-refractivity contribution >= 4 is 23.6 Å². The number of rotatable bonds is 4. The number of benzene rings is 1. The summed E-state index contributed by atoms with van der Waals surface area (Å²) in [5, 5.41) is 0. The highest BCUT2D eigenvalue weighted by Gasteiger charge is 2.44. The third-order valence-corrected chi connectivity index (χ3v) is 3.42. The van der Waals surface area contributed by atoms with Crippen molar-refractivity contribution in [3.63, 3.8) is 0 Å². The van der Waals surface area contributed by atoms with Crippen LogP contribution in [0.5, 0.6) is 0 Å². The maximum absolute atomic E-state index is 15.0. The van der Waals surface area contributed by atoms with Gasteiger partial charge in [-0.2, -0.15) is 18.1 Å². The van der Waals surface area contributed by atoms with Gasteiger partial charge in [0.2, 0.25) is 0 Å². The third kappa shape index (κ3) is 7.15. The van der Waals surface area contributed by atoms with Gasteiger partial charge in [-0.3, -0.25) is 0 Å². The first kappa shape index (κ1) is 26.3. The third-order valence-electron chi connectivity index (χ3n) is 3.42. The van der Waals surface area contributed by atoms with E-state index in [0.29, 0.717) is 0 Å². The minimum atomic E-state index is -5.27. The van der Waals surface area contributed by atoms with Crippen LogP contribution in [-0.4, -0.2) is 30.0 Å². The Morgan fingerprint density at radius 3 is 1.77 bits per heavy atom. The normalized spacial score (nSPS) is 12.2. The Labute approximate surface area is 178 Å². The van der Waals surface area contributed by atoms with Crippen LogP contribution in [0.4, 0.5) is 32.8 Å². The zero-order valence-electron chi connectivity index (χ0n) is 18.6. The molecule has 0 saturated carbocycles. The van der Waals surface area contributed by atoms with Crippen LogP contribution in [0.1, 0.15) is 59.6 Å². The Balaban J connectivity index is 3.77. The van der Waals surface area contributed by atoms with Gasteiger partial charge >= 0.3 is 18.4 Å². The second-order valence-electron chi connectivity index (χ2n) is 8.47. The van der Waals surface area contributed by atoms with E-state index < -0.39 is 52.2 Å². The monoisotopic (exact) mass is 449 g/mol. The average Bonchev–Trinajstić information content (AvgIpc) is 2.50. The van der Waals surface area contributed by atoms with Crippen LogP contribution < -0.4 is 4.90 Å². The van der Waals surface area contributed by atoms with Crippen molar-refractivity contribution in [2.75, 3.05) is 11.5 Å². The molecule has 10 heteroatoms. The molecule has 0 saturated heterocycles. The predicted molar refractivity (Wildman–Crippen MR) is 107 cm³/mol. The molecule has 0 radical (unpaired) electrons. The van der Waals surface area contributed by atoms with Crippen LogP contribution in [0.2, 0.25) is 0 Å². The number of alkyl halides is 3. The van der Waals surface area contributed by atoms with E-state index in [4.69, 9.17) is 14.2 Å². The number of amides is 2. The highest BCUT2D eigenvalue weighted by molar-refractivity contribution is 6.10. The summed E-state index contributed by atoms with van der Waals surface area (Å²) in [6.07, 6.45) is -8.18. The second-order valence-corrected chi connectivity index (χ2v) is 8.47. The Bertz CT molecular complexity index is 823. The number of carbonyl (C=O) groups is 2. The van der Waals surface area contributed by atoms with E-state index in [0.717, 1.165) is 12.1 Å². The molecule has 1 aromatic rings. The Kier molecular flexibility index (Phi) is 7.75. The van der Waals surface area contributed by atoms with Crippen LogP contribution in [0.3, 0.4) is 0 Å². The summed E-state index contributed by atoms with van der Waals surface area (Å²) in [6.45, 7) is 13.8. The molecule has 0 aromatic heterocycles. The Hall–Kier alpha value is -2.78. The lowest BCUT2D eigenvalue weighted by molar-refractivity contribution is -0.139. The molecule has 2 amide bonds. The topological polar surface area (TPSA) is 65.1 Å². The highest BCUT2D eigenvalue weighted by Crippen LogP contribution is 2.41. The molecule has 0 aliphatic heterocycles. The van der Waals surface area contributed by atoms with E-state index in [1.807, 2.05) is 0 Å². The van der Waals surface area contributed by atoms with Crippen molar-refractivity contribution in [2.24, 2.45) is 0 Å². The molecule has 174 valence electrons. The van der Waals surface area contributed by atoms with Gasteiger partial charge in [0.25, 0.3) is 0 Å². The minimum absolute atomic E-state index is 0.0234. The first-order valence-corrected chi connectivity index (χ1v) is 9.37. The van der Waals surface area contributed by atoms with Crippen molar-refractivity contribution in [3.8, 4) is 0 Å².